The van der Waals surface area contributed by atoms with Crippen molar-refractivity contribution in [1.29, 1.82) is 0 Å². The van der Waals surface area contributed by atoms with E-state index in [4.69, 9.17) is 15.2 Å². The molecule has 2 aromatic carbocycles. The van der Waals surface area contributed by atoms with Crippen LogP contribution in [0.2, 0.25) is 0 Å². The summed E-state index contributed by atoms with van der Waals surface area (Å²) < 4.78 is 10.9. The Kier molecular flexibility index (Phi) is 4.05. The second kappa shape index (κ2) is 5.92. The van der Waals surface area contributed by atoms with Crippen LogP contribution < -0.4 is 15.2 Å². The highest BCUT2D eigenvalue weighted by Crippen LogP contribution is 2.36. The Morgan fingerprint density at radius 1 is 1.20 bits per heavy atom. The number of hydrogen-bond acceptors (Lipinski definition) is 5. The largest absolute Gasteiger partial charge is 0.494 e. The van der Waals surface area contributed by atoms with Crippen LogP contribution in [0.15, 0.2) is 42.5 Å². The second-order valence-electron chi connectivity index (χ2n) is 3.96. The maximum atomic E-state index is 11.0. The zero-order valence-corrected chi connectivity index (χ0v) is 10.9. The average molecular weight is 274 g/mol. The molecule has 0 saturated carbocycles. The molecule has 2 N–H and O–H groups in total. The summed E-state index contributed by atoms with van der Waals surface area (Å²) in [6.07, 6.45) is 0. The van der Waals surface area contributed by atoms with Crippen molar-refractivity contribution in [3.8, 4) is 17.2 Å². The van der Waals surface area contributed by atoms with Crippen LogP contribution in [-0.2, 0) is 0 Å². The third-order valence-corrected chi connectivity index (χ3v) is 2.56. The van der Waals surface area contributed by atoms with Gasteiger partial charge in [-0.15, -0.1) is 0 Å². The Morgan fingerprint density at radius 2 is 1.90 bits per heavy atom. The number of nitro benzene ring substituents is 1. The van der Waals surface area contributed by atoms with Gasteiger partial charge in [0.05, 0.1) is 11.5 Å². The first-order valence-corrected chi connectivity index (χ1v) is 6.05. The molecule has 0 saturated heterocycles. The lowest BCUT2D eigenvalue weighted by atomic mass is 10.2. The molecule has 0 aromatic heterocycles. The number of para-hydroxylation sites is 1. The van der Waals surface area contributed by atoms with Crippen molar-refractivity contribution in [2.75, 3.05) is 12.3 Å². The summed E-state index contributed by atoms with van der Waals surface area (Å²) in [5, 5.41) is 11.0. The van der Waals surface area contributed by atoms with Crippen LogP contribution in [0.3, 0.4) is 0 Å². The maximum Gasteiger partial charge on any atom is 0.334 e. The monoisotopic (exact) mass is 274 g/mol. The van der Waals surface area contributed by atoms with E-state index in [9.17, 15) is 10.1 Å². The molecular formula is C14H14N2O4. The number of nitrogen functional groups attached to an aromatic ring is 1. The lowest BCUT2D eigenvalue weighted by Gasteiger charge is -2.09. The van der Waals surface area contributed by atoms with E-state index >= 15 is 0 Å². The summed E-state index contributed by atoms with van der Waals surface area (Å²) in [4.78, 5) is 10.5. The smallest absolute Gasteiger partial charge is 0.334 e. The predicted molar refractivity (Wildman–Crippen MR) is 75.2 cm³/mol. The first kappa shape index (κ1) is 13.7. The lowest BCUT2D eigenvalue weighted by molar-refractivity contribution is -0.384. The highest BCUT2D eigenvalue weighted by Gasteiger charge is 2.19. The minimum atomic E-state index is -0.558. The summed E-state index contributed by atoms with van der Waals surface area (Å²) in [6, 6.07) is 11.4. The molecule has 0 atom stereocenters. The van der Waals surface area contributed by atoms with E-state index in [1.54, 1.807) is 30.3 Å². The van der Waals surface area contributed by atoms with Gasteiger partial charge in [0.2, 0.25) is 5.75 Å². The fourth-order valence-corrected chi connectivity index (χ4v) is 1.74. The van der Waals surface area contributed by atoms with Gasteiger partial charge in [-0.2, -0.15) is 0 Å². The standard InChI is InChI=1S/C14H14N2O4/c1-2-19-10-5-3-6-11(9-10)20-13-8-4-7-12(15)14(13)16(17)18/h3-9H,2,15H2,1H3. The minimum absolute atomic E-state index is 0.0634. The van der Waals surface area contributed by atoms with Gasteiger partial charge in [-0.25, -0.2) is 0 Å². The first-order chi connectivity index (χ1) is 9.61. The van der Waals surface area contributed by atoms with Gasteiger partial charge in [0.1, 0.15) is 17.2 Å². The van der Waals surface area contributed by atoms with Gasteiger partial charge < -0.3 is 15.2 Å². The maximum absolute atomic E-state index is 11.0. The van der Waals surface area contributed by atoms with Crippen molar-refractivity contribution in [3.63, 3.8) is 0 Å². The van der Waals surface area contributed by atoms with Crippen molar-refractivity contribution >= 4 is 11.4 Å². The molecular weight excluding hydrogens is 260 g/mol. The predicted octanol–water partition coefficient (Wildman–Crippen LogP) is 3.37. The second-order valence-corrected chi connectivity index (χ2v) is 3.96. The quantitative estimate of drug-likeness (QED) is 0.513. The van der Waals surface area contributed by atoms with Gasteiger partial charge >= 0.3 is 5.69 Å². The van der Waals surface area contributed by atoms with Gasteiger partial charge in [-0.1, -0.05) is 12.1 Å². The Balaban J connectivity index is 2.32. The molecule has 20 heavy (non-hydrogen) atoms. The van der Waals surface area contributed by atoms with Crippen molar-refractivity contribution in [3.05, 3.63) is 52.6 Å². The van der Waals surface area contributed by atoms with Crippen molar-refractivity contribution in [2.24, 2.45) is 0 Å². The Hall–Kier alpha value is -2.76. The molecule has 2 rings (SSSR count). The van der Waals surface area contributed by atoms with E-state index in [2.05, 4.69) is 0 Å². The van der Waals surface area contributed by atoms with E-state index in [1.807, 2.05) is 6.92 Å². The van der Waals surface area contributed by atoms with Crippen LogP contribution in [-0.4, -0.2) is 11.5 Å². The summed E-state index contributed by atoms with van der Waals surface area (Å²) >= 11 is 0. The van der Waals surface area contributed by atoms with Crippen molar-refractivity contribution in [1.82, 2.24) is 0 Å². The molecule has 0 amide bonds. The van der Waals surface area contributed by atoms with Gasteiger partial charge in [-0.3, -0.25) is 10.1 Å². The number of benzene rings is 2. The normalized spacial score (nSPS) is 10.1. The number of hydrogen-bond donors (Lipinski definition) is 1. The molecule has 0 radical (unpaired) electrons. The van der Waals surface area contributed by atoms with Crippen molar-refractivity contribution < 1.29 is 14.4 Å². The van der Waals surface area contributed by atoms with Crippen LogP contribution in [0.5, 0.6) is 17.2 Å². The Bertz CT molecular complexity index is 628. The molecule has 2 aromatic rings. The first-order valence-electron chi connectivity index (χ1n) is 6.05. The van der Waals surface area contributed by atoms with Crippen LogP contribution in [0.1, 0.15) is 6.92 Å². The fourth-order valence-electron chi connectivity index (χ4n) is 1.74. The fraction of sp³-hybridized carbons (Fsp3) is 0.143. The van der Waals surface area contributed by atoms with Crippen molar-refractivity contribution in [2.45, 2.75) is 6.92 Å². The van der Waals surface area contributed by atoms with E-state index < -0.39 is 4.92 Å². The molecule has 0 unspecified atom stereocenters. The van der Waals surface area contributed by atoms with Crippen LogP contribution in [0.4, 0.5) is 11.4 Å². The number of rotatable bonds is 5. The topological polar surface area (TPSA) is 87.6 Å². The zero-order valence-electron chi connectivity index (χ0n) is 10.9. The molecule has 0 aliphatic rings. The minimum Gasteiger partial charge on any atom is -0.494 e. The molecule has 6 heteroatoms. The van der Waals surface area contributed by atoms with Gasteiger partial charge in [-0.05, 0) is 31.2 Å². The highest BCUT2D eigenvalue weighted by molar-refractivity contribution is 5.66. The van der Waals surface area contributed by atoms with E-state index in [-0.39, 0.29) is 17.1 Å². The molecule has 6 nitrogen and oxygen atoms in total. The van der Waals surface area contributed by atoms with Gasteiger partial charge in [0.25, 0.3) is 0 Å². The molecule has 0 heterocycles. The summed E-state index contributed by atoms with van der Waals surface area (Å²) in [5.41, 5.74) is 5.43. The van der Waals surface area contributed by atoms with Gasteiger partial charge in [0, 0.05) is 6.07 Å². The third kappa shape index (κ3) is 2.97. The van der Waals surface area contributed by atoms with E-state index in [0.717, 1.165) is 0 Å². The molecule has 0 bridgehead atoms. The molecule has 104 valence electrons. The van der Waals surface area contributed by atoms with E-state index in [1.165, 1.54) is 12.1 Å². The average Bonchev–Trinajstić information content (AvgIpc) is 2.39. The third-order valence-electron chi connectivity index (χ3n) is 2.56. The SMILES string of the molecule is CCOc1cccc(Oc2cccc(N)c2[N+](=O)[O-])c1. The Morgan fingerprint density at radius 3 is 2.60 bits per heavy atom. The lowest BCUT2D eigenvalue weighted by Crippen LogP contribution is -1.98. The highest BCUT2D eigenvalue weighted by atomic mass is 16.6. The zero-order chi connectivity index (χ0) is 14.5. The van der Waals surface area contributed by atoms with Crippen LogP contribution in [0.25, 0.3) is 0 Å². The summed E-state index contributed by atoms with van der Waals surface area (Å²) in [6.45, 7) is 2.40. The van der Waals surface area contributed by atoms with E-state index in [0.29, 0.717) is 18.1 Å². The Labute approximate surface area is 115 Å². The van der Waals surface area contributed by atoms with Crippen LogP contribution >= 0.6 is 0 Å². The number of ether oxygens (including phenoxy) is 2. The van der Waals surface area contributed by atoms with Gasteiger partial charge in [0.15, 0.2) is 0 Å². The number of nitrogens with two attached hydrogens (primary N) is 1. The summed E-state index contributed by atoms with van der Waals surface area (Å²) in [5.74, 6) is 1.19. The number of anilines is 1. The molecule has 0 aliphatic carbocycles. The molecule has 0 fully saturated rings. The molecule has 0 aliphatic heterocycles. The molecule has 0 spiro atoms. The van der Waals surface area contributed by atoms with Crippen LogP contribution in [0, 0.1) is 10.1 Å². The summed E-state index contributed by atoms with van der Waals surface area (Å²) in [7, 11) is 0. The number of nitro groups is 1. The number of nitrogens with zero attached hydrogens (tertiary/aromatic N) is 1.